The molecule has 0 aliphatic heterocycles. The number of aliphatic hydroxyl groups is 12. The van der Waals surface area contributed by atoms with Crippen LogP contribution in [0.1, 0.15) is 230 Å². The Morgan fingerprint density at radius 1 is 0.333 bits per heavy atom. The molecule has 144 heavy (non-hydrogen) atoms. The summed E-state index contributed by atoms with van der Waals surface area (Å²) in [5.41, 5.74) is -3.43. The number of thioether (sulfide) groups is 4. The fourth-order valence-corrected chi connectivity index (χ4v) is 19.9. The first-order valence-electron chi connectivity index (χ1n) is 58.0. The third kappa shape index (κ3) is 23.8. The summed E-state index contributed by atoms with van der Waals surface area (Å²) in [7, 11) is 0. The van der Waals surface area contributed by atoms with E-state index in [9.17, 15) is 73.7 Å². The summed E-state index contributed by atoms with van der Waals surface area (Å²) in [6.07, 6.45) is -22.9. The predicted octanol–water partition coefficient (Wildman–Crippen LogP) is 8.73. The van der Waals surface area contributed by atoms with Gasteiger partial charge in [-0.05, 0) is 148 Å². The van der Waals surface area contributed by atoms with E-state index in [1.807, 2.05) is 24.3 Å². The zero-order valence-electron chi connectivity index (χ0n) is 102. The number of anilines is 4. The van der Waals surface area contributed by atoms with Crippen molar-refractivity contribution in [2.24, 2.45) is 0 Å². The fraction of sp³-hybridized carbons (Fsp3) is 0.583. The van der Waals surface area contributed by atoms with Crippen LogP contribution in [-0.4, -0.2) is 334 Å². The lowest BCUT2D eigenvalue weighted by molar-refractivity contribution is -0.0629. The number of ether oxygens (including phenoxy) is 4. The van der Waals surface area contributed by atoms with E-state index in [1.54, 1.807) is 52.0 Å². The largest absolute Gasteiger partial charge is 0.394 e. The maximum absolute atomic E-state index is 14.2. The van der Waals surface area contributed by atoms with Crippen molar-refractivity contribution in [3.05, 3.63) is 141 Å². The van der Waals surface area contributed by atoms with Gasteiger partial charge in [0.2, 0.25) is 0 Å². The number of nitrogens with one attached hydrogen (secondary N) is 4. The van der Waals surface area contributed by atoms with Gasteiger partial charge in [-0.25, -0.2) is 76.2 Å². The van der Waals surface area contributed by atoms with E-state index in [0.29, 0.717) is 95.0 Å². The Balaban J connectivity index is 0.000000149. The van der Waals surface area contributed by atoms with Crippen molar-refractivity contribution in [1.29, 1.82) is 0 Å². The number of fused-ring (bicyclic) bond motifs is 4. The Morgan fingerprint density at radius 2 is 0.590 bits per heavy atom. The molecule has 40 nitrogen and oxygen atoms in total. The summed E-state index contributed by atoms with van der Waals surface area (Å²) in [6.45, 7) is -2.59. The van der Waals surface area contributed by atoms with Crippen molar-refractivity contribution in [2.75, 3.05) is 96.8 Å². The van der Waals surface area contributed by atoms with E-state index in [-0.39, 0.29) is 199 Å². The highest BCUT2D eigenvalue weighted by molar-refractivity contribution is 7.99. The molecule has 8 aliphatic rings. The number of aliphatic hydroxyl groups excluding tert-OH is 10. The average Bonchev–Trinajstić information content (AvgIpc) is 1.60. The standard InChI is InChI=1S/4C24H31FN6O4S/c4*1-3-8-36-24-27-22(26-16-10-14(16)13-5-4-12(2)15(25)9-13)19-23(28-24)31(30-29-19)17-11-18(35-7-6-32)21(34)20(17)33/h4*4-5,9,14,16-18,20-21,32-34H,3,6-8,10-11H2,1-2H3,(H,26,27,28)/t4*14-,16+,17+,18-,20-,21+/m0000/s1/i3D2,6D2,7D2,8D2;3D2,7D2,8D2;3D2,6D2,8D2;3D2,8D2. The van der Waals surface area contributed by atoms with Gasteiger partial charge in [0, 0.05) is 118 Å². The molecule has 8 saturated carbocycles. The van der Waals surface area contributed by atoms with Crippen LogP contribution in [0.3, 0.4) is 0 Å². The van der Waals surface area contributed by atoms with Crippen LogP contribution in [0, 0.1) is 51.0 Å². The predicted molar refractivity (Wildman–Crippen MR) is 530 cm³/mol. The minimum atomic E-state index is -3.41. The minimum absolute atomic E-state index is 0.0127. The van der Waals surface area contributed by atoms with Crippen LogP contribution in [0.2, 0.25) is 0 Å². The molecule has 0 saturated heterocycles. The number of aromatic nitrogens is 20. The van der Waals surface area contributed by atoms with E-state index in [2.05, 4.69) is 102 Å². The minimum Gasteiger partial charge on any atom is -0.394 e. The fourth-order valence-electron chi connectivity index (χ4n) is 18.1. The van der Waals surface area contributed by atoms with Gasteiger partial charge in [-0.15, -0.1) is 20.4 Å². The first-order chi connectivity index (χ1) is 78.0. The van der Waals surface area contributed by atoms with Crippen LogP contribution in [0.4, 0.5) is 40.8 Å². The summed E-state index contributed by atoms with van der Waals surface area (Å²) in [5, 5.41) is 168. The lowest BCUT2D eigenvalue weighted by Gasteiger charge is -2.17. The number of rotatable bonds is 40. The second-order valence-electron chi connectivity index (χ2n) is 35.6. The smallest absolute Gasteiger partial charge is 0.191 e. The van der Waals surface area contributed by atoms with Gasteiger partial charge < -0.3 is 101 Å². The van der Waals surface area contributed by atoms with Crippen LogP contribution < -0.4 is 21.3 Å². The van der Waals surface area contributed by atoms with Crippen molar-refractivity contribution in [2.45, 2.75) is 298 Å². The monoisotopic (exact) mass is 2100 g/mol. The maximum Gasteiger partial charge on any atom is 0.191 e. The third-order valence-corrected chi connectivity index (χ3v) is 28.8. The second-order valence-corrected chi connectivity index (χ2v) is 38.7. The van der Waals surface area contributed by atoms with Crippen molar-refractivity contribution in [1.82, 2.24) is 99.8 Å². The molecule has 24 atom stereocenters. The second kappa shape index (κ2) is 47.3. The third-order valence-electron chi connectivity index (χ3n) is 26.1. The zero-order valence-corrected chi connectivity index (χ0v) is 81.6. The SMILES string of the molecule is [2H]C([2H])(C)C([2H])([2H])Sc1nc(N[C@@H]2C[C@H]2c2ccc(C)c(F)c2)c2nnn([C@@H]3C[C@H](OC([2H])([2H])C([2H])([2H])O)[C@@H](O)[C@H]3O)c2n1.[2H]C([2H])(C)C([2H])([2H])Sc1nc(N[C@@H]2C[C@H]2c2ccc(C)c(F)c2)c2nnn([C@@H]3C[C@H](OCCO)[C@@H](O)[C@H]3O)c2n1.[2H]C([2H])(CO)O[C@H]1C[C@@H](n2nnc3c(N[C@@H]4C[C@H]4c4ccc(C)c(F)c4)nc(SC([2H])([2H])C([2H])([2H])C)nc32)[C@H](O)[C@@H]1O.[2H]C([2H])(O)CO[C@H]1C[C@@H](n2nnc3c(N[C@@H]4C[C@H]4c4ccc(C)c(F)c4)nc(SC([2H])([2H])C([2H])([2H])C)nc32)[C@H](O)[C@@H]1O. The van der Waals surface area contributed by atoms with Gasteiger partial charge in [0.1, 0.15) is 72.1 Å². The number of aryl methyl sites for hydroxylation is 4. The normalized spacial score (nSPS) is 31.3. The molecule has 0 radical (unpaired) electrons. The molecule has 16 N–H and O–H groups in total. The molecule has 20 rings (SSSR count). The highest BCUT2D eigenvalue weighted by atomic mass is 32.2. The van der Waals surface area contributed by atoms with Gasteiger partial charge in [0.25, 0.3) is 0 Å². The van der Waals surface area contributed by atoms with Crippen LogP contribution in [-0.2, 0) is 18.9 Å². The van der Waals surface area contributed by atoms with E-state index < -0.39 is 185 Å². The summed E-state index contributed by atoms with van der Waals surface area (Å²) >= 11 is 1.86. The molecule has 48 heteroatoms. The highest BCUT2D eigenvalue weighted by Gasteiger charge is 2.51. The maximum atomic E-state index is 14.2. The van der Waals surface area contributed by atoms with E-state index in [0.717, 1.165) is 54.6 Å². The van der Waals surface area contributed by atoms with Gasteiger partial charge >= 0.3 is 0 Å². The van der Waals surface area contributed by atoms with Crippen molar-refractivity contribution in [3.63, 3.8) is 0 Å². The molecule has 12 aromatic rings. The van der Waals surface area contributed by atoms with Gasteiger partial charge in [-0.1, -0.05) is 144 Å². The molecule has 8 fully saturated rings. The highest BCUT2D eigenvalue weighted by Crippen LogP contribution is 2.50. The van der Waals surface area contributed by atoms with Crippen LogP contribution in [0.25, 0.3) is 44.7 Å². The van der Waals surface area contributed by atoms with E-state index >= 15 is 0 Å². The first kappa shape index (κ1) is 78.7. The van der Waals surface area contributed by atoms with E-state index in [4.69, 9.17) is 57.0 Å². The molecular weight excluding hydrogens is 1950 g/mol. The van der Waals surface area contributed by atoms with Gasteiger partial charge in [0.05, 0.1) is 112 Å². The lowest BCUT2D eigenvalue weighted by atomic mass is 10.1. The first-order valence-corrected chi connectivity index (χ1v) is 49.3. The molecule has 8 heterocycles. The zero-order chi connectivity index (χ0) is 123. The molecule has 0 unspecified atom stereocenters. The Labute approximate surface area is 877 Å². The molecule has 0 bridgehead atoms. The Morgan fingerprint density at radius 3 is 0.826 bits per heavy atom. The lowest BCUT2D eigenvalue weighted by Crippen LogP contribution is -2.33. The van der Waals surface area contributed by atoms with Crippen LogP contribution >= 0.6 is 47.0 Å². The van der Waals surface area contributed by atoms with Crippen LogP contribution in [0.15, 0.2) is 93.4 Å². The number of halogens is 4. The molecular formula is C96H124F4N24O16S4. The Bertz CT molecular complexity index is 7650. The summed E-state index contributed by atoms with van der Waals surface area (Å²) in [6, 6.07) is 15.7. The number of benzene rings is 4. The summed E-state index contributed by atoms with van der Waals surface area (Å²) < 4.78 is 271. The summed E-state index contributed by atoms with van der Waals surface area (Å²) in [4.78, 5) is 35.2. The van der Waals surface area contributed by atoms with Crippen molar-refractivity contribution < 1.29 is 131 Å². The van der Waals surface area contributed by atoms with Crippen molar-refractivity contribution >= 4 is 115 Å². The Kier molecular flexibility index (Phi) is 25.9. The number of hydrogen-bond donors (Lipinski definition) is 16. The topological polar surface area (TPSA) is 554 Å². The molecule has 0 amide bonds. The Hall–Kier alpha value is -9.52. The number of nitrogens with zero attached hydrogens (tertiary/aromatic N) is 20. The average molecular weight is 2100 g/mol. The molecule has 0 spiro atoms. The van der Waals surface area contributed by atoms with E-state index in [1.165, 1.54) is 38.3 Å². The molecule has 4 aromatic carbocycles. The van der Waals surface area contributed by atoms with Gasteiger partial charge in [-0.3, -0.25) is 0 Å². The van der Waals surface area contributed by atoms with Gasteiger partial charge in [-0.2, -0.15) is 0 Å². The molecule has 8 aromatic heterocycles. The van der Waals surface area contributed by atoms with Gasteiger partial charge in [0.15, 0.2) is 88.6 Å². The molecule has 776 valence electrons. The number of hydrogen-bond acceptors (Lipinski definition) is 40. The quantitative estimate of drug-likeness (QED) is 0.00969. The van der Waals surface area contributed by atoms with Crippen LogP contribution in [0.5, 0.6) is 0 Å². The molecule has 8 aliphatic carbocycles. The summed E-state index contributed by atoms with van der Waals surface area (Å²) in [5.74, 6) is -0.611. The van der Waals surface area contributed by atoms with Crippen molar-refractivity contribution in [3.8, 4) is 0 Å².